The fraction of sp³-hybridized carbons (Fsp3) is 0.899. The quantitative estimate of drug-likeness (QED) is 0.0320. The van der Waals surface area contributed by atoms with Gasteiger partial charge in [-0.2, -0.15) is 0 Å². The van der Waals surface area contributed by atoms with Crippen LogP contribution < -0.4 is 5.32 Å². The number of esters is 1. The third-order valence-electron chi connectivity index (χ3n) is 18.2. The Morgan fingerprint density at radius 1 is 0.329 bits per heavy atom. The van der Waals surface area contributed by atoms with Crippen molar-refractivity contribution < 1.29 is 24.5 Å². The van der Waals surface area contributed by atoms with E-state index in [4.69, 9.17) is 4.74 Å². The summed E-state index contributed by atoms with van der Waals surface area (Å²) in [5.74, 6) is -0.0141. The van der Waals surface area contributed by atoms with Gasteiger partial charge < -0.3 is 20.3 Å². The highest BCUT2D eigenvalue weighted by molar-refractivity contribution is 5.76. The number of allylic oxidation sites excluding steroid dienone is 6. The predicted molar refractivity (Wildman–Crippen MR) is 375 cm³/mol. The molecule has 2 atom stereocenters. The zero-order chi connectivity index (χ0) is 61.3. The van der Waals surface area contributed by atoms with Gasteiger partial charge in [0.15, 0.2) is 0 Å². The summed E-state index contributed by atoms with van der Waals surface area (Å²) in [6, 6.07) is -0.538. The number of carbonyl (C=O) groups excluding carboxylic acids is 2. The van der Waals surface area contributed by atoms with E-state index in [1.165, 1.54) is 347 Å². The SMILES string of the molecule is CCCCCC/C=C\C/C=C\CCCCCCCCCC(=O)OCCCCCCCCCCCCCCCCCC/C=C\CCCCCCCCCCCCCCCCCCCC(=O)NC(CO)C(O)CCCCCCCCCCCCCCC. The van der Waals surface area contributed by atoms with Crippen molar-refractivity contribution in [2.24, 2.45) is 0 Å². The van der Waals surface area contributed by atoms with Gasteiger partial charge in [0, 0.05) is 12.8 Å². The summed E-state index contributed by atoms with van der Waals surface area (Å²) >= 11 is 0. The first-order valence-corrected chi connectivity index (χ1v) is 38.7. The third-order valence-corrected chi connectivity index (χ3v) is 18.2. The molecule has 6 nitrogen and oxygen atoms in total. The van der Waals surface area contributed by atoms with Crippen LogP contribution >= 0.6 is 0 Å². The summed E-state index contributed by atoms with van der Waals surface area (Å²) in [5.41, 5.74) is 0. The molecule has 0 aromatic carbocycles. The average molecular weight is 1200 g/mol. The van der Waals surface area contributed by atoms with Gasteiger partial charge in [0.2, 0.25) is 5.91 Å². The maximum Gasteiger partial charge on any atom is 0.305 e. The molecular weight excluding hydrogens is 1040 g/mol. The van der Waals surface area contributed by atoms with E-state index in [2.05, 4.69) is 55.6 Å². The number of rotatable bonds is 73. The van der Waals surface area contributed by atoms with Crippen molar-refractivity contribution in [2.75, 3.05) is 13.2 Å². The van der Waals surface area contributed by atoms with E-state index in [1.807, 2.05) is 0 Å². The van der Waals surface area contributed by atoms with Gasteiger partial charge in [0.1, 0.15) is 0 Å². The largest absolute Gasteiger partial charge is 0.466 e. The van der Waals surface area contributed by atoms with Gasteiger partial charge in [-0.25, -0.2) is 0 Å². The topological polar surface area (TPSA) is 95.9 Å². The van der Waals surface area contributed by atoms with Gasteiger partial charge >= 0.3 is 5.97 Å². The molecule has 2 unspecified atom stereocenters. The van der Waals surface area contributed by atoms with E-state index in [-0.39, 0.29) is 18.5 Å². The van der Waals surface area contributed by atoms with Gasteiger partial charge in [0.05, 0.1) is 25.4 Å². The molecule has 3 N–H and O–H groups in total. The van der Waals surface area contributed by atoms with Crippen molar-refractivity contribution in [2.45, 2.75) is 443 Å². The number of amides is 1. The molecular formula is C79H151NO5. The molecule has 0 radical (unpaired) electrons. The van der Waals surface area contributed by atoms with Crippen LogP contribution in [0.15, 0.2) is 36.5 Å². The van der Waals surface area contributed by atoms with Gasteiger partial charge in [-0.3, -0.25) is 9.59 Å². The number of aliphatic hydroxyl groups is 2. The third kappa shape index (κ3) is 71.0. The maximum atomic E-state index is 12.5. The Bertz CT molecular complexity index is 1380. The molecule has 0 aliphatic heterocycles. The van der Waals surface area contributed by atoms with Crippen molar-refractivity contribution in [3.8, 4) is 0 Å². The molecule has 6 heteroatoms. The average Bonchev–Trinajstić information content (AvgIpc) is 3.50. The van der Waals surface area contributed by atoms with Gasteiger partial charge in [-0.1, -0.05) is 371 Å². The molecule has 0 spiro atoms. The number of ether oxygens (including phenoxy) is 1. The molecule has 502 valence electrons. The summed E-state index contributed by atoms with van der Waals surface area (Å²) in [6.45, 7) is 4.97. The molecule has 0 rings (SSSR count). The predicted octanol–water partition coefficient (Wildman–Crippen LogP) is 25.4. The van der Waals surface area contributed by atoms with Crippen LogP contribution in [0.1, 0.15) is 431 Å². The lowest BCUT2D eigenvalue weighted by molar-refractivity contribution is -0.143. The van der Waals surface area contributed by atoms with E-state index in [0.29, 0.717) is 25.9 Å². The molecule has 85 heavy (non-hydrogen) atoms. The molecule has 0 aliphatic rings. The molecule has 0 aliphatic carbocycles. The van der Waals surface area contributed by atoms with Crippen LogP contribution in [-0.4, -0.2) is 47.4 Å². The van der Waals surface area contributed by atoms with Gasteiger partial charge in [0.25, 0.3) is 0 Å². The smallest absolute Gasteiger partial charge is 0.305 e. The standard InChI is InChI=1S/C79H151NO5/c1-3-5-7-9-11-13-15-17-18-19-42-45-49-53-57-61-65-69-73-79(84)85-74-70-66-62-58-54-50-46-43-40-38-36-34-32-30-28-26-24-22-20-21-23-25-27-29-31-33-35-37-39-41-44-48-52-56-60-64-68-72-78(83)80-76(75-81)77(82)71-67-63-59-55-51-47-16-14-12-10-8-6-4-2/h13,15,18-20,22,76-77,81-82H,3-12,14,16-17,21,23-75H2,1-2H3,(H,80,83)/b15-13-,19-18-,22-20-. The number of hydrogen-bond acceptors (Lipinski definition) is 5. The van der Waals surface area contributed by atoms with E-state index >= 15 is 0 Å². The lowest BCUT2D eigenvalue weighted by atomic mass is 10.0. The van der Waals surface area contributed by atoms with Crippen LogP contribution in [0, 0.1) is 0 Å². The van der Waals surface area contributed by atoms with Crippen LogP contribution in [0.25, 0.3) is 0 Å². The second-order valence-electron chi connectivity index (χ2n) is 26.7. The zero-order valence-electron chi connectivity index (χ0n) is 57.6. The van der Waals surface area contributed by atoms with Crippen molar-refractivity contribution in [1.29, 1.82) is 0 Å². The first kappa shape index (κ1) is 83.1. The Balaban J connectivity index is 3.31. The van der Waals surface area contributed by atoms with E-state index in [9.17, 15) is 19.8 Å². The highest BCUT2D eigenvalue weighted by Gasteiger charge is 2.20. The minimum absolute atomic E-state index is 0.0146. The van der Waals surface area contributed by atoms with Crippen LogP contribution in [0.2, 0.25) is 0 Å². The Hall–Kier alpha value is -1.92. The molecule has 1 amide bonds. The molecule has 0 bridgehead atoms. The molecule has 0 saturated carbocycles. The molecule has 0 saturated heterocycles. The second-order valence-corrected chi connectivity index (χ2v) is 26.7. The van der Waals surface area contributed by atoms with Crippen molar-refractivity contribution >= 4 is 11.9 Å². The molecule has 0 aromatic heterocycles. The highest BCUT2D eigenvalue weighted by atomic mass is 16.5. The summed E-state index contributed by atoms with van der Waals surface area (Å²) in [6.07, 6.45) is 96.7. The Kier molecular flexibility index (Phi) is 72.9. The van der Waals surface area contributed by atoms with Crippen LogP contribution in [0.4, 0.5) is 0 Å². The zero-order valence-corrected chi connectivity index (χ0v) is 57.6. The number of hydrogen-bond donors (Lipinski definition) is 3. The van der Waals surface area contributed by atoms with E-state index in [0.717, 1.165) is 51.4 Å². The fourth-order valence-electron chi connectivity index (χ4n) is 12.3. The molecule has 0 aromatic rings. The Labute approximate surface area is 532 Å². The van der Waals surface area contributed by atoms with E-state index < -0.39 is 12.1 Å². The number of carbonyl (C=O) groups is 2. The number of nitrogens with one attached hydrogen (secondary N) is 1. The first-order chi connectivity index (χ1) is 42.0. The minimum atomic E-state index is -0.661. The van der Waals surface area contributed by atoms with E-state index in [1.54, 1.807) is 0 Å². The lowest BCUT2D eigenvalue weighted by Crippen LogP contribution is -2.45. The van der Waals surface area contributed by atoms with Crippen molar-refractivity contribution in [1.82, 2.24) is 5.32 Å². The lowest BCUT2D eigenvalue weighted by Gasteiger charge is -2.22. The van der Waals surface area contributed by atoms with Gasteiger partial charge in [-0.05, 0) is 83.5 Å². The first-order valence-electron chi connectivity index (χ1n) is 38.7. The Morgan fingerprint density at radius 2 is 0.588 bits per heavy atom. The van der Waals surface area contributed by atoms with Crippen LogP contribution in [0.5, 0.6) is 0 Å². The summed E-state index contributed by atoms with van der Waals surface area (Å²) in [7, 11) is 0. The van der Waals surface area contributed by atoms with Crippen LogP contribution in [-0.2, 0) is 14.3 Å². The fourth-order valence-corrected chi connectivity index (χ4v) is 12.3. The molecule has 0 heterocycles. The number of unbranched alkanes of at least 4 members (excludes halogenated alkanes) is 56. The van der Waals surface area contributed by atoms with Crippen molar-refractivity contribution in [3.05, 3.63) is 36.5 Å². The van der Waals surface area contributed by atoms with Crippen molar-refractivity contribution in [3.63, 3.8) is 0 Å². The summed E-state index contributed by atoms with van der Waals surface area (Å²) in [4.78, 5) is 24.6. The molecule has 0 fully saturated rings. The minimum Gasteiger partial charge on any atom is -0.466 e. The summed E-state index contributed by atoms with van der Waals surface area (Å²) < 4.78 is 5.51. The Morgan fingerprint density at radius 3 is 0.918 bits per heavy atom. The summed E-state index contributed by atoms with van der Waals surface area (Å²) in [5, 5.41) is 23.3. The van der Waals surface area contributed by atoms with Crippen LogP contribution in [0.3, 0.4) is 0 Å². The number of aliphatic hydroxyl groups excluding tert-OH is 2. The maximum absolute atomic E-state index is 12.5. The monoisotopic (exact) mass is 1190 g/mol. The second kappa shape index (κ2) is 74.5. The highest BCUT2D eigenvalue weighted by Crippen LogP contribution is 2.19. The van der Waals surface area contributed by atoms with Gasteiger partial charge in [-0.15, -0.1) is 0 Å². The normalized spacial score (nSPS) is 12.7.